The first-order chi connectivity index (χ1) is 12.7. The summed E-state index contributed by atoms with van der Waals surface area (Å²) < 4.78 is 71.4. The summed E-state index contributed by atoms with van der Waals surface area (Å²) in [7, 11) is -4.07. The van der Waals surface area contributed by atoms with Crippen LogP contribution in [0.15, 0.2) is 35.2 Å². The number of para-hydroxylation sites is 1. The molecule has 3 rings (SSSR count). The van der Waals surface area contributed by atoms with Crippen LogP contribution in [0.25, 0.3) is 6.08 Å². The molecule has 0 amide bonds. The second-order valence-electron chi connectivity index (χ2n) is 5.96. The van der Waals surface area contributed by atoms with Crippen LogP contribution in [0.4, 0.5) is 19.0 Å². The number of rotatable bonds is 5. The lowest BCUT2D eigenvalue weighted by atomic mass is 10.2. The number of aromatic nitrogens is 2. The maximum absolute atomic E-state index is 13.2. The Kier molecular flexibility index (Phi) is 5.18. The summed E-state index contributed by atoms with van der Waals surface area (Å²) in [6.07, 6.45) is -2.62. The zero-order valence-electron chi connectivity index (χ0n) is 14.5. The van der Waals surface area contributed by atoms with Gasteiger partial charge in [-0.05, 0) is 18.6 Å². The van der Waals surface area contributed by atoms with Crippen molar-refractivity contribution in [2.45, 2.75) is 25.9 Å². The first kappa shape index (κ1) is 19.3. The third-order valence-electron chi connectivity index (χ3n) is 4.01. The standard InChI is InChI=1S/C17H18F3N3O3S/c1-2-8-23(16-11-15(21-22-16)17(18,19)20)27(24,25)13-7-9-26-14-6-4-3-5-12(14)10-13/h3-6,10-11H,2,7-9H2,1H3,(H,21,22). The zero-order chi connectivity index (χ0) is 19.7. The van der Waals surface area contributed by atoms with E-state index in [2.05, 4.69) is 5.10 Å². The van der Waals surface area contributed by atoms with Crippen LogP contribution in [0.3, 0.4) is 0 Å². The lowest BCUT2D eigenvalue weighted by molar-refractivity contribution is -0.141. The molecule has 0 spiro atoms. The van der Waals surface area contributed by atoms with E-state index in [0.717, 1.165) is 4.31 Å². The molecule has 0 saturated heterocycles. The first-order valence-electron chi connectivity index (χ1n) is 8.31. The number of sulfonamides is 1. The van der Waals surface area contributed by atoms with Crippen LogP contribution in [-0.2, 0) is 16.2 Å². The normalized spacial score (nSPS) is 14.7. The number of aromatic amines is 1. The molecule has 1 aliphatic heterocycles. The Labute approximate surface area is 154 Å². The molecule has 0 fully saturated rings. The Balaban J connectivity index is 2.02. The molecule has 2 heterocycles. The fourth-order valence-electron chi connectivity index (χ4n) is 2.73. The van der Waals surface area contributed by atoms with Gasteiger partial charge in [0.05, 0.1) is 11.5 Å². The predicted octanol–water partition coefficient (Wildman–Crippen LogP) is 3.80. The number of anilines is 1. The molecular formula is C17H18F3N3O3S. The van der Waals surface area contributed by atoms with Crippen LogP contribution < -0.4 is 9.04 Å². The van der Waals surface area contributed by atoms with Gasteiger partial charge in [-0.2, -0.15) is 18.3 Å². The summed E-state index contributed by atoms with van der Waals surface area (Å²) in [6.45, 7) is 1.89. The molecule has 0 unspecified atom stereocenters. The second-order valence-corrected chi connectivity index (χ2v) is 7.88. The van der Waals surface area contributed by atoms with Gasteiger partial charge in [-0.25, -0.2) is 12.7 Å². The summed E-state index contributed by atoms with van der Waals surface area (Å²) in [6, 6.07) is 7.68. The number of halogens is 3. The molecule has 146 valence electrons. The largest absolute Gasteiger partial charge is 0.493 e. The number of ether oxygens (including phenoxy) is 1. The smallest absolute Gasteiger partial charge is 0.432 e. The van der Waals surface area contributed by atoms with E-state index in [1.54, 1.807) is 31.2 Å². The topological polar surface area (TPSA) is 75.3 Å². The molecule has 0 saturated carbocycles. The van der Waals surface area contributed by atoms with Gasteiger partial charge in [0.1, 0.15) is 11.4 Å². The second kappa shape index (κ2) is 7.26. The van der Waals surface area contributed by atoms with Crippen LogP contribution >= 0.6 is 0 Å². The number of hydrogen-bond acceptors (Lipinski definition) is 4. The predicted molar refractivity (Wildman–Crippen MR) is 94.7 cm³/mol. The molecule has 0 radical (unpaired) electrons. The Bertz CT molecular complexity index is 952. The van der Waals surface area contributed by atoms with E-state index in [9.17, 15) is 21.6 Å². The van der Waals surface area contributed by atoms with Crippen molar-refractivity contribution >= 4 is 21.9 Å². The SMILES string of the molecule is CCCN(c1cc(C(F)(F)F)[nH]n1)S(=O)(=O)C1=Cc2ccccc2OCC1. The maximum Gasteiger partial charge on any atom is 0.432 e. The van der Waals surface area contributed by atoms with E-state index in [1.807, 2.05) is 5.10 Å². The van der Waals surface area contributed by atoms with Gasteiger partial charge in [0.25, 0.3) is 10.0 Å². The molecule has 2 aromatic rings. The molecule has 1 N–H and O–H groups in total. The molecule has 27 heavy (non-hydrogen) atoms. The number of alkyl halides is 3. The molecule has 0 bridgehead atoms. The summed E-state index contributed by atoms with van der Waals surface area (Å²) in [5.74, 6) is 0.271. The Morgan fingerprint density at radius 1 is 1.30 bits per heavy atom. The molecule has 1 aromatic heterocycles. The quantitative estimate of drug-likeness (QED) is 0.827. The summed E-state index contributed by atoms with van der Waals surface area (Å²) >= 11 is 0. The van der Waals surface area contributed by atoms with Gasteiger partial charge in [-0.15, -0.1) is 0 Å². The van der Waals surface area contributed by atoms with E-state index in [-0.39, 0.29) is 30.3 Å². The van der Waals surface area contributed by atoms with Gasteiger partial charge in [0, 0.05) is 24.6 Å². The molecule has 6 nitrogen and oxygen atoms in total. The first-order valence-corrected chi connectivity index (χ1v) is 9.75. The van der Waals surface area contributed by atoms with Crippen molar-refractivity contribution in [2.24, 2.45) is 0 Å². The van der Waals surface area contributed by atoms with E-state index >= 15 is 0 Å². The fraction of sp³-hybridized carbons (Fsp3) is 0.353. The number of fused-ring (bicyclic) bond motifs is 1. The highest BCUT2D eigenvalue weighted by molar-refractivity contribution is 7.96. The van der Waals surface area contributed by atoms with Crippen molar-refractivity contribution in [1.82, 2.24) is 10.2 Å². The van der Waals surface area contributed by atoms with Crippen molar-refractivity contribution in [1.29, 1.82) is 0 Å². The van der Waals surface area contributed by atoms with Crippen molar-refractivity contribution < 1.29 is 26.3 Å². The average molecular weight is 401 g/mol. The number of benzene rings is 1. The van der Waals surface area contributed by atoms with E-state index in [0.29, 0.717) is 23.8 Å². The zero-order valence-corrected chi connectivity index (χ0v) is 15.3. The molecule has 1 aliphatic rings. The molecule has 0 atom stereocenters. The van der Waals surface area contributed by atoms with Crippen molar-refractivity contribution in [2.75, 3.05) is 17.5 Å². The van der Waals surface area contributed by atoms with Gasteiger partial charge in [-0.1, -0.05) is 25.1 Å². The average Bonchev–Trinajstić information content (AvgIpc) is 2.99. The minimum Gasteiger partial charge on any atom is -0.493 e. The number of nitrogens with one attached hydrogen (secondary N) is 1. The van der Waals surface area contributed by atoms with Crippen molar-refractivity contribution in [3.63, 3.8) is 0 Å². The van der Waals surface area contributed by atoms with Crippen molar-refractivity contribution in [3.8, 4) is 5.75 Å². The van der Waals surface area contributed by atoms with Gasteiger partial charge >= 0.3 is 6.18 Å². The highest BCUT2D eigenvalue weighted by atomic mass is 32.2. The van der Waals surface area contributed by atoms with Crippen LogP contribution in [0.1, 0.15) is 31.0 Å². The molecule has 1 aromatic carbocycles. The highest BCUT2D eigenvalue weighted by Gasteiger charge is 2.36. The third-order valence-corrected chi connectivity index (χ3v) is 5.95. The minimum atomic E-state index is -4.64. The summed E-state index contributed by atoms with van der Waals surface area (Å²) in [5.41, 5.74) is -0.500. The molecule has 10 heteroatoms. The lowest BCUT2D eigenvalue weighted by Crippen LogP contribution is -2.33. The van der Waals surface area contributed by atoms with Crippen LogP contribution in [0.2, 0.25) is 0 Å². The molecular weight excluding hydrogens is 383 g/mol. The van der Waals surface area contributed by atoms with Gasteiger partial charge < -0.3 is 4.74 Å². The highest BCUT2D eigenvalue weighted by Crippen LogP contribution is 2.33. The monoisotopic (exact) mass is 401 g/mol. The van der Waals surface area contributed by atoms with Gasteiger partial charge in [-0.3, -0.25) is 5.10 Å². The Morgan fingerprint density at radius 3 is 2.70 bits per heavy atom. The Morgan fingerprint density at radius 2 is 2.04 bits per heavy atom. The van der Waals surface area contributed by atoms with Gasteiger partial charge in [0.15, 0.2) is 5.82 Å². The Hall–Kier alpha value is -2.49. The number of hydrogen-bond donors (Lipinski definition) is 1. The summed E-state index contributed by atoms with van der Waals surface area (Å²) in [4.78, 5) is 0.0671. The minimum absolute atomic E-state index is 0.00429. The van der Waals surface area contributed by atoms with Crippen molar-refractivity contribution in [3.05, 3.63) is 46.5 Å². The molecule has 0 aliphatic carbocycles. The maximum atomic E-state index is 13.2. The van der Waals surface area contributed by atoms with Gasteiger partial charge in [0.2, 0.25) is 0 Å². The van der Waals surface area contributed by atoms with E-state index in [1.165, 1.54) is 6.08 Å². The third kappa shape index (κ3) is 3.95. The number of nitrogens with zero attached hydrogens (tertiary/aromatic N) is 2. The van der Waals surface area contributed by atoms with Crippen LogP contribution in [0.5, 0.6) is 5.75 Å². The summed E-state index contributed by atoms with van der Waals surface area (Å²) in [5, 5.41) is 5.44. The van der Waals surface area contributed by atoms with E-state index < -0.39 is 21.9 Å². The number of H-pyrrole nitrogens is 1. The van der Waals surface area contributed by atoms with E-state index in [4.69, 9.17) is 4.74 Å². The van der Waals surface area contributed by atoms with Crippen LogP contribution in [-0.4, -0.2) is 31.8 Å². The van der Waals surface area contributed by atoms with Crippen LogP contribution in [0, 0.1) is 0 Å². The fourth-order valence-corrected chi connectivity index (χ4v) is 4.39. The lowest BCUT2D eigenvalue weighted by Gasteiger charge is -2.22.